The molecule has 2 aliphatic heterocycles. The summed E-state index contributed by atoms with van der Waals surface area (Å²) in [6.45, 7) is 0. The number of nitrogens with one attached hydrogen (secondary N) is 2. The van der Waals surface area contributed by atoms with E-state index in [4.69, 9.17) is 0 Å². The van der Waals surface area contributed by atoms with Crippen LogP contribution in [0.4, 0.5) is 22.7 Å². The van der Waals surface area contributed by atoms with Crippen molar-refractivity contribution in [2.24, 2.45) is 0 Å². The third-order valence-corrected chi connectivity index (χ3v) is 11.1. The molecule has 0 unspecified atom stereocenters. The van der Waals surface area contributed by atoms with Gasteiger partial charge in [-0.25, -0.2) is 0 Å². The minimum Gasteiger partial charge on any atom is -0.355 e. The van der Waals surface area contributed by atoms with Crippen LogP contribution in [0.15, 0.2) is 158 Å². The number of rotatable bonds is 0. The molecule has 4 aliphatic rings. The molecule has 11 rings (SSSR count). The molecule has 2 heterocycles. The second-order valence-electron chi connectivity index (χ2n) is 13.0. The van der Waals surface area contributed by atoms with E-state index in [0.717, 1.165) is 0 Å². The zero-order chi connectivity index (χ0) is 30.0. The summed E-state index contributed by atoms with van der Waals surface area (Å²) in [4.78, 5) is 0. The predicted molar refractivity (Wildman–Crippen MR) is 188 cm³/mol. The molecule has 0 saturated carbocycles. The molecule has 0 radical (unpaired) electrons. The Kier molecular flexibility index (Phi) is 4.49. The molecule has 0 fully saturated rings. The quantitative estimate of drug-likeness (QED) is 0.185. The van der Waals surface area contributed by atoms with E-state index in [1.165, 1.54) is 89.5 Å². The maximum Gasteiger partial charge on any atom is 0.0754 e. The summed E-state index contributed by atoms with van der Waals surface area (Å²) in [5.41, 5.74) is 19.7. The highest BCUT2D eigenvalue weighted by Gasteiger charge is 2.54. The maximum atomic E-state index is 3.78. The monoisotopic (exact) mass is 584 g/mol. The van der Waals surface area contributed by atoms with Gasteiger partial charge in [0.15, 0.2) is 0 Å². The summed E-state index contributed by atoms with van der Waals surface area (Å²) in [7, 11) is 0. The summed E-state index contributed by atoms with van der Waals surface area (Å²) < 4.78 is 0. The van der Waals surface area contributed by atoms with E-state index >= 15 is 0 Å². The minimum atomic E-state index is -0.436. The van der Waals surface area contributed by atoms with Crippen molar-refractivity contribution in [2.75, 3.05) is 10.6 Å². The third kappa shape index (κ3) is 2.68. The Hall–Kier alpha value is -5.86. The Labute approximate surface area is 268 Å². The molecule has 214 valence electrons. The van der Waals surface area contributed by atoms with E-state index in [1.807, 2.05) is 0 Å². The van der Waals surface area contributed by atoms with Gasteiger partial charge in [0.05, 0.1) is 10.8 Å². The van der Waals surface area contributed by atoms with Crippen LogP contribution in [0.25, 0.3) is 22.3 Å². The van der Waals surface area contributed by atoms with E-state index < -0.39 is 10.8 Å². The van der Waals surface area contributed by atoms with Gasteiger partial charge in [-0.15, -0.1) is 0 Å². The average molecular weight is 585 g/mol. The minimum absolute atomic E-state index is 0.436. The van der Waals surface area contributed by atoms with Crippen molar-refractivity contribution in [3.8, 4) is 22.3 Å². The second kappa shape index (κ2) is 8.44. The number of para-hydroxylation sites is 4. The van der Waals surface area contributed by atoms with Gasteiger partial charge >= 0.3 is 0 Å². The van der Waals surface area contributed by atoms with Gasteiger partial charge in [0.25, 0.3) is 0 Å². The molecule has 0 aromatic heterocycles. The first-order valence-electron chi connectivity index (χ1n) is 16.1. The van der Waals surface area contributed by atoms with E-state index in [2.05, 4.69) is 168 Å². The lowest BCUT2D eigenvalue weighted by Crippen LogP contribution is -2.34. The van der Waals surface area contributed by atoms with Gasteiger partial charge in [0, 0.05) is 22.7 Å². The number of hydrogen-bond acceptors (Lipinski definition) is 2. The van der Waals surface area contributed by atoms with Crippen molar-refractivity contribution >= 4 is 22.7 Å². The normalized spacial score (nSPS) is 15.7. The summed E-state index contributed by atoms with van der Waals surface area (Å²) in [6.07, 6.45) is 0. The zero-order valence-corrected chi connectivity index (χ0v) is 25.0. The number of hydrogen-bond donors (Lipinski definition) is 2. The Morgan fingerprint density at radius 1 is 0.261 bits per heavy atom. The number of anilines is 4. The van der Waals surface area contributed by atoms with Gasteiger partial charge in [-0.1, -0.05) is 121 Å². The van der Waals surface area contributed by atoms with Crippen LogP contribution in [0.1, 0.15) is 44.5 Å². The molecule has 46 heavy (non-hydrogen) atoms. The Morgan fingerprint density at radius 3 is 0.891 bits per heavy atom. The SMILES string of the molecule is c1ccc2c(c1)Nc1ccccc1C21c2ccccc2-c2cc3c(cc21)-c1ccccc1C31c2ccccc2Nc2ccccc21. The molecule has 0 atom stereocenters. The third-order valence-electron chi connectivity index (χ3n) is 11.1. The van der Waals surface area contributed by atoms with Crippen LogP contribution < -0.4 is 10.6 Å². The van der Waals surface area contributed by atoms with E-state index in [9.17, 15) is 0 Å². The van der Waals surface area contributed by atoms with E-state index in [0.29, 0.717) is 0 Å². The highest BCUT2D eigenvalue weighted by atomic mass is 14.9. The van der Waals surface area contributed by atoms with Gasteiger partial charge in [0.2, 0.25) is 0 Å². The van der Waals surface area contributed by atoms with Crippen molar-refractivity contribution in [2.45, 2.75) is 10.8 Å². The summed E-state index contributed by atoms with van der Waals surface area (Å²) in [5, 5.41) is 7.57. The van der Waals surface area contributed by atoms with Crippen molar-refractivity contribution in [1.29, 1.82) is 0 Å². The van der Waals surface area contributed by atoms with Crippen LogP contribution in [0, 0.1) is 0 Å². The van der Waals surface area contributed by atoms with Crippen molar-refractivity contribution in [1.82, 2.24) is 0 Å². The van der Waals surface area contributed by atoms with Crippen molar-refractivity contribution in [3.05, 3.63) is 202 Å². The largest absolute Gasteiger partial charge is 0.355 e. The Bertz CT molecular complexity index is 2190. The van der Waals surface area contributed by atoms with Gasteiger partial charge in [-0.2, -0.15) is 0 Å². The first-order valence-corrected chi connectivity index (χ1v) is 16.1. The molecule has 2 nitrogen and oxygen atoms in total. The van der Waals surface area contributed by atoms with Crippen LogP contribution in [-0.4, -0.2) is 0 Å². The smallest absolute Gasteiger partial charge is 0.0754 e. The second-order valence-corrected chi connectivity index (χ2v) is 13.0. The first-order chi connectivity index (χ1) is 22.8. The standard InChI is InChI=1S/C44H28N2/c1-3-15-31-27(13-1)29-25-38-30(26-37(29)43(31)33-17-5-9-21-39(33)45-40-22-10-6-18-34(40)43)28-14-2-4-16-32(28)44(38)35-19-7-11-23-41(35)46-42-24-12-8-20-36(42)44/h1-26,45-46H. The fraction of sp³-hybridized carbons (Fsp3) is 0.0455. The highest BCUT2D eigenvalue weighted by molar-refractivity contribution is 5.99. The zero-order valence-electron chi connectivity index (χ0n) is 25.0. The van der Waals surface area contributed by atoms with Gasteiger partial charge in [-0.05, 0) is 103 Å². The molecule has 2 spiro atoms. The molecular formula is C44H28N2. The first kappa shape index (κ1) is 24.5. The molecule has 0 bridgehead atoms. The lowest BCUT2D eigenvalue weighted by Gasteiger charge is -2.41. The molecule has 2 aliphatic carbocycles. The molecular weight excluding hydrogens is 556 g/mol. The lowest BCUT2D eigenvalue weighted by molar-refractivity contribution is 0.754. The molecule has 7 aromatic rings. The fourth-order valence-electron chi connectivity index (χ4n) is 9.46. The summed E-state index contributed by atoms with van der Waals surface area (Å²) in [6, 6.07) is 58.9. The lowest BCUT2D eigenvalue weighted by atomic mass is 9.63. The van der Waals surface area contributed by atoms with Crippen molar-refractivity contribution in [3.63, 3.8) is 0 Å². The molecule has 2 heteroatoms. The van der Waals surface area contributed by atoms with Crippen molar-refractivity contribution < 1.29 is 0 Å². The summed E-state index contributed by atoms with van der Waals surface area (Å²) in [5.74, 6) is 0. The maximum absolute atomic E-state index is 3.78. The number of fused-ring (bicyclic) bond motifs is 18. The molecule has 0 saturated heterocycles. The van der Waals surface area contributed by atoms with Crippen LogP contribution in [-0.2, 0) is 10.8 Å². The van der Waals surface area contributed by atoms with Crippen LogP contribution in [0.2, 0.25) is 0 Å². The number of benzene rings is 7. The van der Waals surface area contributed by atoms with Gasteiger partial charge < -0.3 is 10.6 Å². The van der Waals surface area contributed by atoms with Crippen LogP contribution in [0.3, 0.4) is 0 Å². The van der Waals surface area contributed by atoms with Crippen LogP contribution >= 0.6 is 0 Å². The molecule has 7 aromatic carbocycles. The predicted octanol–water partition coefficient (Wildman–Crippen LogP) is 10.5. The van der Waals surface area contributed by atoms with E-state index in [1.54, 1.807) is 0 Å². The summed E-state index contributed by atoms with van der Waals surface area (Å²) >= 11 is 0. The highest BCUT2D eigenvalue weighted by Crippen LogP contribution is 2.66. The molecule has 0 amide bonds. The Balaban J connectivity index is 1.33. The van der Waals surface area contributed by atoms with E-state index in [-0.39, 0.29) is 0 Å². The fourth-order valence-corrected chi connectivity index (χ4v) is 9.46. The molecule has 2 N–H and O–H groups in total. The van der Waals surface area contributed by atoms with Crippen LogP contribution in [0.5, 0.6) is 0 Å². The Morgan fingerprint density at radius 2 is 0.543 bits per heavy atom. The average Bonchev–Trinajstić information content (AvgIpc) is 3.56. The van der Waals surface area contributed by atoms with Gasteiger partial charge in [0.1, 0.15) is 0 Å². The topological polar surface area (TPSA) is 24.1 Å². The van der Waals surface area contributed by atoms with Gasteiger partial charge in [-0.3, -0.25) is 0 Å².